The molecule has 0 spiro atoms. The van der Waals surface area contributed by atoms with Crippen LogP contribution in [0.3, 0.4) is 0 Å². The molecule has 19 heavy (non-hydrogen) atoms. The summed E-state index contributed by atoms with van der Waals surface area (Å²) < 4.78 is 5.64. The Balaban J connectivity index is 1.66. The Morgan fingerprint density at radius 3 is 3.05 bits per heavy atom. The molecule has 0 bridgehead atoms. The minimum atomic E-state index is -0.452. The number of para-hydroxylation sites is 1. The molecule has 0 aliphatic carbocycles. The van der Waals surface area contributed by atoms with Gasteiger partial charge in [0.1, 0.15) is 18.5 Å². The number of rotatable bonds is 6. The molecule has 4 heteroatoms. The van der Waals surface area contributed by atoms with Crippen LogP contribution >= 0.6 is 11.8 Å². The normalized spacial score (nSPS) is 21.1. The number of aryl methyl sites for hydroxylation is 1. The highest BCUT2D eigenvalue weighted by atomic mass is 32.2. The number of nitrogens with one attached hydrogen (secondary N) is 1. The van der Waals surface area contributed by atoms with Crippen LogP contribution in [0, 0.1) is 6.92 Å². The van der Waals surface area contributed by atoms with Crippen molar-refractivity contribution in [3.8, 4) is 5.75 Å². The summed E-state index contributed by atoms with van der Waals surface area (Å²) in [5.41, 5.74) is 1.10. The Hall–Kier alpha value is -0.710. The maximum Gasteiger partial charge on any atom is 0.122 e. The molecule has 1 aromatic rings. The summed E-state index contributed by atoms with van der Waals surface area (Å²) in [5.74, 6) is 3.29. The van der Waals surface area contributed by atoms with Crippen LogP contribution in [0.25, 0.3) is 0 Å². The predicted octanol–water partition coefficient (Wildman–Crippen LogP) is 2.22. The molecule has 2 unspecified atom stereocenters. The van der Waals surface area contributed by atoms with Crippen LogP contribution in [-0.2, 0) is 0 Å². The quantitative estimate of drug-likeness (QED) is 0.839. The third kappa shape index (κ3) is 5.05. The molecule has 1 aliphatic heterocycles. The fraction of sp³-hybridized carbons (Fsp3) is 0.600. The van der Waals surface area contributed by atoms with Crippen molar-refractivity contribution in [3.63, 3.8) is 0 Å². The Labute approximate surface area is 119 Å². The van der Waals surface area contributed by atoms with Gasteiger partial charge in [0.2, 0.25) is 0 Å². The molecule has 1 aromatic carbocycles. The van der Waals surface area contributed by atoms with Crippen LogP contribution < -0.4 is 10.1 Å². The number of thioether (sulfide) groups is 1. The Kier molecular flexibility index (Phi) is 6.01. The number of aliphatic hydroxyl groups excluding tert-OH is 1. The molecule has 1 fully saturated rings. The first-order chi connectivity index (χ1) is 9.25. The van der Waals surface area contributed by atoms with Gasteiger partial charge in [0.15, 0.2) is 0 Å². The molecule has 0 aromatic heterocycles. The average Bonchev–Trinajstić information content (AvgIpc) is 2.45. The lowest BCUT2D eigenvalue weighted by atomic mass is 10.2. The minimum absolute atomic E-state index is 0.345. The maximum atomic E-state index is 9.94. The smallest absolute Gasteiger partial charge is 0.122 e. The summed E-state index contributed by atoms with van der Waals surface area (Å²) in [7, 11) is 0. The number of benzene rings is 1. The molecule has 1 aliphatic rings. The van der Waals surface area contributed by atoms with Crippen molar-refractivity contribution in [1.82, 2.24) is 5.32 Å². The van der Waals surface area contributed by atoms with Crippen LogP contribution in [0.2, 0.25) is 0 Å². The summed E-state index contributed by atoms with van der Waals surface area (Å²) in [6.45, 7) is 2.97. The van der Waals surface area contributed by atoms with E-state index in [0.717, 1.165) is 17.1 Å². The van der Waals surface area contributed by atoms with Crippen LogP contribution in [0.1, 0.15) is 18.4 Å². The van der Waals surface area contributed by atoms with Gasteiger partial charge in [-0.25, -0.2) is 0 Å². The Morgan fingerprint density at radius 1 is 1.47 bits per heavy atom. The average molecular weight is 281 g/mol. The van der Waals surface area contributed by atoms with E-state index < -0.39 is 6.10 Å². The van der Waals surface area contributed by atoms with Crippen molar-refractivity contribution in [2.75, 3.05) is 24.7 Å². The first-order valence-electron chi connectivity index (χ1n) is 6.93. The van der Waals surface area contributed by atoms with E-state index in [4.69, 9.17) is 4.74 Å². The van der Waals surface area contributed by atoms with Gasteiger partial charge in [-0.3, -0.25) is 0 Å². The van der Waals surface area contributed by atoms with Gasteiger partial charge in [-0.15, -0.1) is 0 Å². The Morgan fingerprint density at radius 2 is 2.32 bits per heavy atom. The second kappa shape index (κ2) is 7.78. The van der Waals surface area contributed by atoms with E-state index >= 15 is 0 Å². The molecule has 2 rings (SSSR count). The highest BCUT2D eigenvalue weighted by molar-refractivity contribution is 7.99. The lowest BCUT2D eigenvalue weighted by molar-refractivity contribution is 0.103. The fourth-order valence-corrected chi connectivity index (χ4v) is 3.27. The summed E-state index contributed by atoms with van der Waals surface area (Å²) >= 11 is 1.99. The van der Waals surface area contributed by atoms with Crippen molar-refractivity contribution < 1.29 is 9.84 Å². The van der Waals surface area contributed by atoms with Gasteiger partial charge in [-0.2, -0.15) is 11.8 Å². The zero-order valence-electron chi connectivity index (χ0n) is 11.5. The van der Waals surface area contributed by atoms with Crippen LogP contribution in [0.4, 0.5) is 0 Å². The number of aliphatic hydroxyl groups is 1. The molecular formula is C15H23NO2S. The highest BCUT2D eigenvalue weighted by Crippen LogP contribution is 2.17. The van der Waals surface area contributed by atoms with Gasteiger partial charge in [-0.05, 0) is 37.1 Å². The summed E-state index contributed by atoms with van der Waals surface area (Å²) in [6.07, 6.45) is 2.04. The third-order valence-electron chi connectivity index (χ3n) is 3.33. The fourth-order valence-electron chi connectivity index (χ4n) is 2.17. The number of hydrogen-bond donors (Lipinski definition) is 2. The lowest BCUT2D eigenvalue weighted by Crippen LogP contribution is -2.40. The highest BCUT2D eigenvalue weighted by Gasteiger charge is 2.15. The number of ether oxygens (including phenoxy) is 1. The zero-order valence-corrected chi connectivity index (χ0v) is 12.3. The monoisotopic (exact) mass is 281 g/mol. The van der Waals surface area contributed by atoms with Crippen molar-refractivity contribution in [2.24, 2.45) is 0 Å². The van der Waals surface area contributed by atoms with Crippen LogP contribution in [-0.4, -0.2) is 41.9 Å². The molecular weight excluding hydrogens is 258 g/mol. The van der Waals surface area contributed by atoms with E-state index in [0.29, 0.717) is 19.2 Å². The second-order valence-electron chi connectivity index (χ2n) is 5.05. The Bertz CT molecular complexity index is 380. The first-order valence-corrected chi connectivity index (χ1v) is 8.09. The molecule has 0 amide bonds. The van der Waals surface area contributed by atoms with E-state index in [1.165, 1.54) is 18.6 Å². The molecule has 2 N–H and O–H groups in total. The van der Waals surface area contributed by atoms with Gasteiger partial charge in [0.25, 0.3) is 0 Å². The first kappa shape index (κ1) is 14.7. The molecule has 106 valence electrons. The summed E-state index contributed by atoms with van der Waals surface area (Å²) in [4.78, 5) is 0. The maximum absolute atomic E-state index is 9.94. The van der Waals surface area contributed by atoms with Gasteiger partial charge in [-0.1, -0.05) is 18.2 Å². The lowest BCUT2D eigenvalue weighted by Gasteiger charge is -2.24. The molecule has 1 heterocycles. The van der Waals surface area contributed by atoms with E-state index in [9.17, 15) is 5.11 Å². The largest absolute Gasteiger partial charge is 0.491 e. The standard InChI is InChI=1S/C15H23NO2S/c1-12-5-2-3-7-15(12)18-10-14(17)9-16-13-6-4-8-19-11-13/h2-3,5,7,13-14,16-17H,4,6,8-11H2,1H3. The number of hydrogen-bond acceptors (Lipinski definition) is 4. The third-order valence-corrected chi connectivity index (χ3v) is 4.54. The van der Waals surface area contributed by atoms with E-state index in [1.54, 1.807) is 0 Å². The van der Waals surface area contributed by atoms with Gasteiger partial charge in [0, 0.05) is 18.3 Å². The minimum Gasteiger partial charge on any atom is -0.491 e. The second-order valence-corrected chi connectivity index (χ2v) is 6.20. The van der Waals surface area contributed by atoms with Crippen molar-refractivity contribution >= 4 is 11.8 Å². The van der Waals surface area contributed by atoms with Crippen molar-refractivity contribution in [1.29, 1.82) is 0 Å². The zero-order chi connectivity index (χ0) is 13.5. The predicted molar refractivity (Wildman–Crippen MR) is 81.0 cm³/mol. The van der Waals surface area contributed by atoms with Gasteiger partial charge in [0.05, 0.1) is 0 Å². The summed E-state index contributed by atoms with van der Waals surface area (Å²) in [5, 5.41) is 13.4. The summed E-state index contributed by atoms with van der Waals surface area (Å²) in [6, 6.07) is 8.44. The molecule has 3 nitrogen and oxygen atoms in total. The van der Waals surface area contributed by atoms with Gasteiger partial charge < -0.3 is 15.2 Å². The molecule has 2 atom stereocenters. The van der Waals surface area contributed by atoms with Crippen LogP contribution in [0.5, 0.6) is 5.75 Å². The molecule has 0 saturated carbocycles. The van der Waals surface area contributed by atoms with Crippen molar-refractivity contribution in [3.05, 3.63) is 29.8 Å². The molecule has 1 saturated heterocycles. The van der Waals surface area contributed by atoms with E-state index in [1.807, 2.05) is 43.0 Å². The van der Waals surface area contributed by atoms with Crippen LogP contribution in [0.15, 0.2) is 24.3 Å². The SMILES string of the molecule is Cc1ccccc1OCC(O)CNC1CCCSC1. The van der Waals surface area contributed by atoms with E-state index in [2.05, 4.69) is 5.32 Å². The van der Waals surface area contributed by atoms with Crippen molar-refractivity contribution in [2.45, 2.75) is 31.9 Å². The molecule has 0 radical (unpaired) electrons. The van der Waals surface area contributed by atoms with Gasteiger partial charge >= 0.3 is 0 Å². The topological polar surface area (TPSA) is 41.5 Å². The van der Waals surface area contributed by atoms with E-state index in [-0.39, 0.29) is 0 Å².